The molecule has 0 spiro atoms. The molecule has 2 N–H and O–H groups in total. The van der Waals surface area contributed by atoms with Gasteiger partial charge in [-0.05, 0) is 20.4 Å². The fourth-order valence-electron chi connectivity index (χ4n) is 0.795. The summed E-state index contributed by atoms with van der Waals surface area (Å²) in [6.07, 6.45) is 2.61. The average Bonchev–Trinajstić information content (AvgIpc) is 1.87. The molecule has 3 nitrogen and oxygen atoms in total. The van der Waals surface area contributed by atoms with Gasteiger partial charge in [0.15, 0.2) is 0 Å². The smallest absolute Gasteiger partial charge is 0.234 e. The average molecular weight is 156 g/mol. The number of carbonyl (C=O) groups is 1. The molecule has 0 fully saturated rings. The van der Waals surface area contributed by atoms with Crippen LogP contribution in [0.4, 0.5) is 0 Å². The number of hydrogen-bond donors (Lipinski definition) is 2. The molecule has 64 valence electrons. The van der Waals surface area contributed by atoms with E-state index < -0.39 is 0 Å². The fourth-order valence-corrected chi connectivity index (χ4v) is 0.795. The van der Waals surface area contributed by atoms with Gasteiger partial charge in [-0.1, -0.05) is 6.08 Å². The van der Waals surface area contributed by atoms with Gasteiger partial charge >= 0.3 is 0 Å². The summed E-state index contributed by atoms with van der Waals surface area (Å²) in [6.45, 7) is 5.92. The van der Waals surface area contributed by atoms with Crippen LogP contribution in [0.25, 0.3) is 0 Å². The molecule has 0 saturated carbocycles. The first-order valence-corrected chi connectivity index (χ1v) is 3.75. The number of hydrogen-bond acceptors (Lipinski definition) is 2. The van der Waals surface area contributed by atoms with Crippen LogP contribution >= 0.6 is 0 Å². The molecular formula is C8H16N2O. The quantitative estimate of drug-likeness (QED) is 0.562. The lowest BCUT2D eigenvalue weighted by Gasteiger charge is -2.10. The lowest BCUT2D eigenvalue weighted by Crippen LogP contribution is -2.37. The SMILES string of the molecule is C=CCC(C)NC(=O)CNC. The molecule has 1 amide bonds. The van der Waals surface area contributed by atoms with Crippen molar-refractivity contribution < 1.29 is 4.79 Å². The third-order valence-electron chi connectivity index (χ3n) is 1.26. The zero-order valence-corrected chi connectivity index (χ0v) is 7.18. The second-order valence-corrected chi connectivity index (χ2v) is 2.52. The molecule has 0 aliphatic rings. The van der Waals surface area contributed by atoms with Crippen LogP contribution in [0.3, 0.4) is 0 Å². The topological polar surface area (TPSA) is 41.1 Å². The van der Waals surface area contributed by atoms with Crippen LogP contribution in [0, 0.1) is 0 Å². The Balaban J connectivity index is 3.48. The van der Waals surface area contributed by atoms with Crippen molar-refractivity contribution in [3.8, 4) is 0 Å². The van der Waals surface area contributed by atoms with Gasteiger partial charge in [0.25, 0.3) is 0 Å². The molecule has 0 saturated heterocycles. The zero-order chi connectivity index (χ0) is 8.69. The highest BCUT2D eigenvalue weighted by Crippen LogP contribution is 1.89. The van der Waals surface area contributed by atoms with E-state index in [9.17, 15) is 4.79 Å². The largest absolute Gasteiger partial charge is 0.352 e. The predicted octanol–water partition coefficient (Wildman–Crippen LogP) is 0.287. The van der Waals surface area contributed by atoms with E-state index in [1.807, 2.05) is 6.92 Å². The predicted molar refractivity (Wildman–Crippen MR) is 46.3 cm³/mol. The maximum absolute atomic E-state index is 10.9. The Morgan fingerprint density at radius 1 is 1.73 bits per heavy atom. The van der Waals surface area contributed by atoms with E-state index in [4.69, 9.17) is 0 Å². The summed E-state index contributed by atoms with van der Waals surface area (Å²) in [7, 11) is 1.75. The van der Waals surface area contributed by atoms with Gasteiger partial charge in [-0.2, -0.15) is 0 Å². The van der Waals surface area contributed by atoms with E-state index in [0.29, 0.717) is 6.54 Å². The summed E-state index contributed by atoms with van der Waals surface area (Å²) < 4.78 is 0. The lowest BCUT2D eigenvalue weighted by molar-refractivity contribution is -0.120. The Morgan fingerprint density at radius 3 is 2.82 bits per heavy atom. The molecule has 0 rings (SSSR count). The van der Waals surface area contributed by atoms with E-state index in [0.717, 1.165) is 6.42 Å². The van der Waals surface area contributed by atoms with Crippen LogP contribution in [0.2, 0.25) is 0 Å². The minimum absolute atomic E-state index is 0.0295. The molecule has 1 atom stereocenters. The molecule has 11 heavy (non-hydrogen) atoms. The van der Waals surface area contributed by atoms with Crippen LogP contribution in [-0.2, 0) is 4.79 Å². The van der Waals surface area contributed by atoms with Crippen molar-refractivity contribution in [1.29, 1.82) is 0 Å². The summed E-state index contributed by atoms with van der Waals surface area (Å²) >= 11 is 0. The fraction of sp³-hybridized carbons (Fsp3) is 0.625. The van der Waals surface area contributed by atoms with Gasteiger partial charge in [-0.15, -0.1) is 6.58 Å². The van der Waals surface area contributed by atoms with Crippen molar-refractivity contribution in [2.24, 2.45) is 0 Å². The molecule has 0 aromatic heterocycles. The Labute approximate surface area is 67.9 Å². The highest BCUT2D eigenvalue weighted by atomic mass is 16.1. The van der Waals surface area contributed by atoms with Gasteiger partial charge in [0.1, 0.15) is 0 Å². The van der Waals surface area contributed by atoms with E-state index in [1.165, 1.54) is 0 Å². The summed E-state index contributed by atoms with van der Waals surface area (Å²) in [5, 5.41) is 5.59. The summed E-state index contributed by atoms with van der Waals surface area (Å²) in [6, 6.07) is 0.188. The standard InChI is InChI=1S/C8H16N2O/c1-4-5-7(2)10-8(11)6-9-3/h4,7,9H,1,5-6H2,2-3H3,(H,10,11). The van der Waals surface area contributed by atoms with E-state index in [1.54, 1.807) is 13.1 Å². The van der Waals surface area contributed by atoms with Crippen molar-refractivity contribution in [3.05, 3.63) is 12.7 Å². The number of rotatable bonds is 5. The van der Waals surface area contributed by atoms with Gasteiger partial charge in [0.2, 0.25) is 5.91 Å². The van der Waals surface area contributed by atoms with E-state index in [2.05, 4.69) is 17.2 Å². The van der Waals surface area contributed by atoms with Crippen molar-refractivity contribution in [2.75, 3.05) is 13.6 Å². The second-order valence-electron chi connectivity index (χ2n) is 2.52. The molecule has 3 heteroatoms. The van der Waals surface area contributed by atoms with Gasteiger partial charge in [-0.3, -0.25) is 4.79 Å². The Hall–Kier alpha value is -0.830. The van der Waals surface area contributed by atoms with Gasteiger partial charge in [0.05, 0.1) is 6.54 Å². The van der Waals surface area contributed by atoms with Crippen molar-refractivity contribution in [1.82, 2.24) is 10.6 Å². The summed E-state index contributed by atoms with van der Waals surface area (Å²) in [5.41, 5.74) is 0. The number of amides is 1. The minimum Gasteiger partial charge on any atom is -0.352 e. The third-order valence-corrected chi connectivity index (χ3v) is 1.26. The van der Waals surface area contributed by atoms with Gasteiger partial charge in [0, 0.05) is 6.04 Å². The molecular weight excluding hydrogens is 140 g/mol. The van der Waals surface area contributed by atoms with Crippen molar-refractivity contribution >= 4 is 5.91 Å². The zero-order valence-electron chi connectivity index (χ0n) is 7.18. The van der Waals surface area contributed by atoms with Crippen LogP contribution < -0.4 is 10.6 Å². The molecule has 0 aliphatic heterocycles. The number of nitrogens with one attached hydrogen (secondary N) is 2. The summed E-state index contributed by atoms with van der Waals surface area (Å²) in [4.78, 5) is 10.9. The monoisotopic (exact) mass is 156 g/mol. The van der Waals surface area contributed by atoms with E-state index >= 15 is 0 Å². The Bertz CT molecular complexity index is 134. The van der Waals surface area contributed by atoms with Crippen molar-refractivity contribution in [3.63, 3.8) is 0 Å². The van der Waals surface area contributed by atoms with Crippen LogP contribution in [0.5, 0.6) is 0 Å². The first-order chi connectivity index (χ1) is 5.20. The molecule has 0 heterocycles. The molecule has 0 radical (unpaired) electrons. The first kappa shape index (κ1) is 10.2. The first-order valence-electron chi connectivity index (χ1n) is 3.75. The molecule has 1 unspecified atom stereocenters. The maximum atomic E-state index is 10.9. The molecule has 0 aliphatic carbocycles. The number of carbonyl (C=O) groups excluding carboxylic acids is 1. The van der Waals surface area contributed by atoms with Crippen molar-refractivity contribution in [2.45, 2.75) is 19.4 Å². The highest BCUT2D eigenvalue weighted by molar-refractivity contribution is 5.78. The van der Waals surface area contributed by atoms with Gasteiger partial charge in [-0.25, -0.2) is 0 Å². The molecule has 0 bridgehead atoms. The third kappa shape index (κ3) is 5.61. The highest BCUT2D eigenvalue weighted by Gasteiger charge is 2.02. The minimum atomic E-state index is 0.0295. The van der Waals surface area contributed by atoms with E-state index in [-0.39, 0.29) is 11.9 Å². The second kappa shape index (κ2) is 5.92. The van der Waals surface area contributed by atoms with Crippen LogP contribution in [-0.4, -0.2) is 25.5 Å². The molecule has 0 aromatic carbocycles. The number of likely N-dealkylation sites (N-methyl/N-ethyl adjacent to an activating group) is 1. The van der Waals surface area contributed by atoms with Crippen LogP contribution in [0.1, 0.15) is 13.3 Å². The normalized spacial score (nSPS) is 12.2. The molecule has 0 aromatic rings. The summed E-state index contributed by atoms with van der Waals surface area (Å²) in [5.74, 6) is 0.0295. The Morgan fingerprint density at radius 2 is 2.36 bits per heavy atom. The van der Waals surface area contributed by atoms with Crippen LogP contribution in [0.15, 0.2) is 12.7 Å². The Kier molecular flexibility index (Phi) is 5.47. The lowest BCUT2D eigenvalue weighted by atomic mass is 10.2. The van der Waals surface area contributed by atoms with Gasteiger partial charge < -0.3 is 10.6 Å². The maximum Gasteiger partial charge on any atom is 0.234 e.